The number of rotatable bonds is 4. The third kappa shape index (κ3) is 3.93. The van der Waals surface area contributed by atoms with E-state index in [1.165, 1.54) is 6.42 Å². The Morgan fingerprint density at radius 2 is 1.86 bits per heavy atom. The van der Waals surface area contributed by atoms with Gasteiger partial charge in [0.2, 0.25) is 5.91 Å². The summed E-state index contributed by atoms with van der Waals surface area (Å²) in [5.41, 5.74) is 5.54. The van der Waals surface area contributed by atoms with E-state index >= 15 is 0 Å². The molecule has 1 amide bonds. The maximum atomic E-state index is 12.4. The van der Waals surface area contributed by atoms with Crippen LogP contribution in [0.15, 0.2) is 52.1 Å². The molecule has 0 unspecified atom stereocenters. The standard InChI is InChI=1S/C21H24N6O2/c22-25-20(26-23)15-8-11-18-17(12-15)19(29-27-18)13-6-9-16(10-7-13)24-21(28)14-4-2-1-3-5-14/h6-12,14H,1-5,22-23H2,(H,24,28)(H,25,26). The molecule has 1 aromatic heterocycles. The first-order chi connectivity index (χ1) is 14.2. The molecule has 0 radical (unpaired) electrons. The Morgan fingerprint density at radius 3 is 2.55 bits per heavy atom. The van der Waals surface area contributed by atoms with E-state index < -0.39 is 0 Å². The first-order valence-electron chi connectivity index (χ1n) is 9.75. The van der Waals surface area contributed by atoms with Crippen molar-refractivity contribution in [1.82, 2.24) is 10.6 Å². The fourth-order valence-corrected chi connectivity index (χ4v) is 3.81. The minimum atomic E-state index is 0.107. The van der Waals surface area contributed by atoms with Gasteiger partial charge >= 0.3 is 0 Å². The lowest BCUT2D eigenvalue weighted by Gasteiger charge is -2.20. The quantitative estimate of drug-likeness (QED) is 0.233. The third-order valence-corrected chi connectivity index (χ3v) is 5.41. The fraction of sp³-hybridized carbons (Fsp3) is 0.286. The summed E-state index contributed by atoms with van der Waals surface area (Å²) in [5.74, 6) is 12.0. The summed E-state index contributed by atoms with van der Waals surface area (Å²) < 4.78 is 5.56. The number of nitrogens with one attached hydrogen (secondary N) is 2. The first-order valence-corrected chi connectivity index (χ1v) is 9.75. The van der Waals surface area contributed by atoms with Gasteiger partial charge < -0.3 is 21.1 Å². The molecular weight excluding hydrogens is 368 g/mol. The van der Waals surface area contributed by atoms with Crippen molar-refractivity contribution in [2.24, 2.45) is 22.7 Å². The molecule has 0 aliphatic heterocycles. The number of amides is 1. The molecule has 0 bridgehead atoms. The second-order valence-electron chi connectivity index (χ2n) is 7.27. The van der Waals surface area contributed by atoms with Crippen molar-refractivity contribution < 1.29 is 9.32 Å². The lowest BCUT2D eigenvalue weighted by molar-refractivity contribution is -0.120. The average molecular weight is 392 g/mol. The second-order valence-corrected chi connectivity index (χ2v) is 7.27. The smallest absolute Gasteiger partial charge is 0.227 e. The number of fused-ring (bicyclic) bond motifs is 1. The lowest BCUT2D eigenvalue weighted by Crippen LogP contribution is -2.31. The first kappa shape index (κ1) is 18.9. The van der Waals surface area contributed by atoms with E-state index in [1.54, 1.807) is 0 Å². The van der Waals surface area contributed by atoms with Crippen LogP contribution in [0.25, 0.3) is 22.2 Å². The number of anilines is 1. The third-order valence-electron chi connectivity index (χ3n) is 5.41. The van der Waals surface area contributed by atoms with Crippen LogP contribution < -0.4 is 22.4 Å². The van der Waals surface area contributed by atoms with Gasteiger partial charge in [-0.2, -0.15) is 5.10 Å². The summed E-state index contributed by atoms with van der Waals surface area (Å²) >= 11 is 0. The van der Waals surface area contributed by atoms with E-state index in [0.717, 1.165) is 47.9 Å². The minimum Gasteiger partial charge on any atom is -0.355 e. The molecule has 1 aliphatic carbocycles. The van der Waals surface area contributed by atoms with Crippen LogP contribution in [0, 0.1) is 5.92 Å². The Kier molecular flexibility index (Phi) is 5.44. The molecule has 1 fully saturated rings. The van der Waals surface area contributed by atoms with Crippen LogP contribution in [0.1, 0.15) is 37.7 Å². The highest BCUT2D eigenvalue weighted by Crippen LogP contribution is 2.31. The summed E-state index contributed by atoms with van der Waals surface area (Å²) in [4.78, 5) is 12.4. The molecule has 8 heteroatoms. The predicted molar refractivity (Wildman–Crippen MR) is 113 cm³/mol. The topological polar surface area (TPSA) is 132 Å². The molecule has 3 aromatic rings. The zero-order chi connectivity index (χ0) is 20.2. The predicted octanol–water partition coefficient (Wildman–Crippen LogP) is 3.10. The van der Waals surface area contributed by atoms with Crippen molar-refractivity contribution in [1.29, 1.82) is 0 Å². The Morgan fingerprint density at radius 1 is 1.10 bits per heavy atom. The Hall–Kier alpha value is -3.39. The molecule has 1 saturated carbocycles. The van der Waals surface area contributed by atoms with Crippen molar-refractivity contribution in [3.05, 3.63) is 48.0 Å². The van der Waals surface area contributed by atoms with Gasteiger partial charge in [0.1, 0.15) is 5.52 Å². The summed E-state index contributed by atoms with van der Waals surface area (Å²) in [6, 6.07) is 13.1. The molecule has 4 rings (SSSR count). The zero-order valence-electron chi connectivity index (χ0n) is 16.0. The molecule has 6 N–H and O–H groups in total. The van der Waals surface area contributed by atoms with Gasteiger partial charge in [0.05, 0.1) is 5.39 Å². The number of amidine groups is 1. The van der Waals surface area contributed by atoms with Gasteiger partial charge in [-0.15, -0.1) is 0 Å². The van der Waals surface area contributed by atoms with E-state index in [-0.39, 0.29) is 11.8 Å². The monoisotopic (exact) mass is 392 g/mol. The summed E-state index contributed by atoms with van der Waals surface area (Å²) in [6.45, 7) is 0. The number of aromatic nitrogens is 1. The van der Waals surface area contributed by atoms with Crippen LogP contribution in [0.3, 0.4) is 0 Å². The van der Waals surface area contributed by atoms with Crippen molar-refractivity contribution in [3.63, 3.8) is 0 Å². The molecule has 1 heterocycles. The Bertz CT molecular complexity index is 1040. The Balaban J connectivity index is 1.56. The molecule has 8 nitrogen and oxygen atoms in total. The number of hydrogen-bond acceptors (Lipinski definition) is 6. The van der Waals surface area contributed by atoms with Gasteiger partial charge in [-0.3, -0.25) is 4.79 Å². The van der Waals surface area contributed by atoms with Crippen molar-refractivity contribution in [2.75, 3.05) is 5.32 Å². The van der Waals surface area contributed by atoms with E-state index in [1.807, 2.05) is 42.5 Å². The SMILES string of the molecule is N/N=C(\NN)c1ccc2noc(-c3ccc(NC(=O)C4CCCCC4)cc3)c2c1. The van der Waals surface area contributed by atoms with E-state index in [2.05, 4.69) is 21.0 Å². The van der Waals surface area contributed by atoms with E-state index in [9.17, 15) is 4.79 Å². The van der Waals surface area contributed by atoms with Gasteiger partial charge in [-0.25, -0.2) is 5.84 Å². The van der Waals surface area contributed by atoms with Gasteiger partial charge in [0.15, 0.2) is 11.6 Å². The van der Waals surface area contributed by atoms with Gasteiger partial charge in [-0.1, -0.05) is 24.4 Å². The Labute approximate surface area is 168 Å². The van der Waals surface area contributed by atoms with E-state index in [4.69, 9.17) is 16.2 Å². The van der Waals surface area contributed by atoms with Crippen LogP contribution in [0.5, 0.6) is 0 Å². The zero-order valence-corrected chi connectivity index (χ0v) is 16.0. The van der Waals surface area contributed by atoms with E-state index in [0.29, 0.717) is 17.1 Å². The number of benzene rings is 2. The van der Waals surface area contributed by atoms with Gasteiger partial charge in [0, 0.05) is 22.7 Å². The van der Waals surface area contributed by atoms with Crippen LogP contribution in [0.2, 0.25) is 0 Å². The fourth-order valence-electron chi connectivity index (χ4n) is 3.81. The van der Waals surface area contributed by atoms with Gasteiger partial charge in [0.25, 0.3) is 0 Å². The van der Waals surface area contributed by atoms with Crippen LogP contribution in [-0.2, 0) is 4.79 Å². The van der Waals surface area contributed by atoms with Crippen molar-refractivity contribution >= 4 is 28.3 Å². The molecule has 2 aromatic carbocycles. The summed E-state index contributed by atoms with van der Waals surface area (Å²) in [6.07, 6.45) is 5.44. The molecule has 1 aliphatic rings. The van der Waals surface area contributed by atoms with Crippen LogP contribution in [-0.4, -0.2) is 16.9 Å². The highest BCUT2D eigenvalue weighted by atomic mass is 16.5. The number of hydrazone groups is 1. The van der Waals surface area contributed by atoms with Crippen molar-refractivity contribution in [3.8, 4) is 11.3 Å². The van der Waals surface area contributed by atoms with Crippen LogP contribution in [0.4, 0.5) is 5.69 Å². The number of carbonyl (C=O) groups is 1. The molecule has 0 spiro atoms. The van der Waals surface area contributed by atoms with Gasteiger partial charge in [-0.05, 0) is 55.3 Å². The number of nitrogens with zero attached hydrogens (tertiary/aromatic N) is 2. The number of carbonyl (C=O) groups excluding carboxylic acids is 1. The van der Waals surface area contributed by atoms with Crippen molar-refractivity contribution in [2.45, 2.75) is 32.1 Å². The molecule has 29 heavy (non-hydrogen) atoms. The molecule has 0 saturated heterocycles. The molecule has 0 atom stereocenters. The largest absolute Gasteiger partial charge is 0.355 e. The number of nitrogens with two attached hydrogens (primary N) is 2. The second kappa shape index (κ2) is 8.32. The highest BCUT2D eigenvalue weighted by Gasteiger charge is 2.21. The number of hydrogen-bond donors (Lipinski definition) is 4. The molecule has 150 valence electrons. The number of hydrazine groups is 1. The minimum absolute atomic E-state index is 0.107. The highest BCUT2D eigenvalue weighted by molar-refractivity contribution is 6.03. The summed E-state index contributed by atoms with van der Waals surface area (Å²) in [5, 5.41) is 11.6. The normalized spacial score (nSPS) is 15.4. The lowest BCUT2D eigenvalue weighted by atomic mass is 9.88. The molecular formula is C21H24N6O2. The average Bonchev–Trinajstić information content (AvgIpc) is 3.19. The maximum absolute atomic E-state index is 12.4. The summed E-state index contributed by atoms with van der Waals surface area (Å²) in [7, 11) is 0. The maximum Gasteiger partial charge on any atom is 0.227 e. The van der Waals surface area contributed by atoms with Crippen LogP contribution >= 0.6 is 0 Å².